The molecule has 2 aromatic rings. The number of allylic oxidation sites excluding steroid dienone is 2. The topological polar surface area (TPSA) is 115 Å². The summed E-state index contributed by atoms with van der Waals surface area (Å²) in [7, 11) is 0. The van der Waals surface area contributed by atoms with Crippen molar-refractivity contribution in [3.05, 3.63) is 82.2 Å². The molecule has 0 radical (unpaired) electrons. The standard InChI is InChI=1S/C26H25N5O2/c1-3-33-21-8-4-18(5-9-21)23-22(16-29)24(19(14-27)15-28)30-26(32,20-6-7-20)25(23)31-12-10-17(2)11-13-31/h4-5,8-13,20,23,25,30,32H,3,6-7H2,1-2H3. The van der Waals surface area contributed by atoms with Gasteiger partial charge in [-0.3, -0.25) is 0 Å². The highest BCUT2D eigenvalue weighted by atomic mass is 16.5. The van der Waals surface area contributed by atoms with E-state index in [9.17, 15) is 21.0 Å². The first-order valence-electron chi connectivity index (χ1n) is 11.0. The number of ether oxygens (including phenoxy) is 1. The molecule has 1 aliphatic heterocycles. The second kappa shape index (κ2) is 8.92. The summed E-state index contributed by atoms with van der Waals surface area (Å²) in [5.74, 6) is 1.93. The van der Waals surface area contributed by atoms with Gasteiger partial charge in [0.05, 0.1) is 35.4 Å². The lowest BCUT2D eigenvalue weighted by Crippen LogP contribution is -2.66. The van der Waals surface area contributed by atoms with E-state index in [1.165, 1.54) is 0 Å². The van der Waals surface area contributed by atoms with Crippen LogP contribution in [0.3, 0.4) is 0 Å². The monoisotopic (exact) mass is 439 g/mol. The number of nitrogens with zero attached hydrogens (tertiary/aromatic N) is 4. The van der Waals surface area contributed by atoms with Crippen molar-refractivity contribution in [3.63, 3.8) is 0 Å². The van der Waals surface area contributed by atoms with Gasteiger partial charge in [-0.2, -0.15) is 15.1 Å². The molecule has 2 aliphatic rings. The summed E-state index contributed by atoms with van der Waals surface area (Å²) in [6.07, 6.45) is 5.42. The van der Waals surface area contributed by atoms with Gasteiger partial charge in [0.25, 0.3) is 0 Å². The van der Waals surface area contributed by atoms with Crippen molar-refractivity contribution < 1.29 is 14.4 Å². The lowest BCUT2D eigenvalue weighted by atomic mass is 9.73. The third kappa shape index (κ3) is 4.01. The minimum absolute atomic E-state index is 0.0737. The molecule has 7 heteroatoms. The SMILES string of the molecule is CCOc1ccc(C2C(C#N)=C(C(=C=[N-])C#N)NC(O)(C3CC3)C2[n+]2ccc(C)cc2)cc1. The summed E-state index contributed by atoms with van der Waals surface area (Å²) in [6, 6.07) is 14.9. The molecule has 4 rings (SSSR count). The molecule has 166 valence electrons. The van der Waals surface area contributed by atoms with Crippen LogP contribution in [0.2, 0.25) is 0 Å². The molecule has 7 nitrogen and oxygen atoms in total. The molecule has 1 aromatic carbocycles. The van der Waals surface area contributed by atoms with Crippen LogP contribution >= 0.6 is 0 Å². The number of nitrogens with one attached hydrogen (secondary N) is 1. The van der Waals surface area contributed by atoms with E-state index < -0.39 is 17.7 Å². The molecule has 3 atom stereocenters. The first-order chi connectivity index (χ1) is 16.0. The zero-order valence-corrected chi connectivity index (χ0v) is 18.6. The third-order valence-corrected chi connectivity index (χ3v) is 6.36. The van der Waals surface area contributed by atoms with Gasteiger partial charge in [-0.25, -0.2) is 5.87 Å². The quantitative estimate of drug-likeness (QED) is 0.407. The minimum atomic E-state index is -1.45. The minimum Gasteiger partial charge on any atom is -0.762 e. The molecule has 1 saturated carbocycles. The number of rotatable bonds is 6. The van der Waals surface area contributed by atoms with Crippen LogP contribution in [0.15, 0.2) is 65.6 Å². The normalized spacial score (nSPS) is 24.2. The van der Waals surface area contributed by atoms with Crippen LogP contribution in [-0.4, -0.2) is 23.3 Å². The van der Waals surface area contributed by atoms with Gasteiger partial charge in [-0.15, -0.1) is 0 Å². The second-order valence-electron chi connectivity index (χ2n) is 8.47. The second-order valence-corrected chi connectivity index (χ2v) is 8.47. The van der Waals surface area contributed by atoms with Crippen LogP contribution in [0.25, 0.3) is 5.41 Å². The van der Waals surface area contributed by atoms with Gasteiger partial charge in [-0.05, 0) is 49.9 Å². The zero-order valence-electron chi connectivity index (χ0n) is 18.6. The molecular formula is C26H25N5O2. The van der Waals surface area contributed by atoms with E-state index in [1.54, 1.807) is 0 Å². The fraction of sp³-hybridized carbons (Fsp3) is 0.346. The Morgan fingerprint density at radius 3 is 2.39 bits per heavy atom. The number of hydrogen-bond donors (Lipinski definition) is 2. The highest BCUT2D eigenvalue weighted by Gasteiger charge is 2.61. The van der Waals surface area contributed by atoms with Gasteiger partial charge in [0.1, 0.15) is 11.8 Å². The molecule has 1 aromatic heterocycles. The van der Waals surface area contributed by atoms with Crippen LogP contribution in [-0.2, 0) is 0 Å². The smallest absolute Gasteiger partial charge is 0.216 e. The molecule has 1 fully saturated rings. The average molecular weight is 440 g/mol. The predicted octanol–water partition coefficient (Wildman–Crippen LogP) is 3.17. The fourth-order valence-electron chi connectivity index (χ4n) is 4.62. The lowest BCUT2D eigenvalue weighted by Gasteiger charge is -2.43. The first kappa shape index (κ1) is 22.3. The van der Waals surface area contributed by atoms with Crippen molar-refractivity contribution in [1.82, 2.24) is 5.32 Å². The van der Waals surface area contributed by atoms with E-state index >= 15 is 0 Å². The molecule has 2 heterocycles. The summed E-state index contributed by atoms with van der Waals surface area (Å²) < 4.78 is 7.50. The van der Waals surface area contributed by atoms with Crippen molar-refractivity contribution in [1.29, 1.82) is 10.5 Å². The van der Waals surface area contributed by atoms with Gasteiger partial charge < -0.3 is 20.6 Å². The Bertz CT molecular complexity index is 1210. The maximum absolute atomic E-state index is 12.1. The maximum Gasteiger partial charge on any atom is 0.216 e. The van der Waals surface area contributed by atoms with E-state index in [2.05, 4.69) is 11.4 Å². The molecule has 0 spiro atoms. The van der Waals surface area contributed by atoms with Gasteiger partial charge in [0.2, 0.25) is 11.8 Å². The number of aryl methyl sites for hydroxylation is 1. The van der Waals surface area contributed by atoms with E-state index in [1.807, 2.05) is 79.1 Å². The van der Waals surface area contributed by atoms with Gasteiger partial charge >= 0.3 is 0 Å². The van der Waals surface area contributed by atoms with Crippen LogP contribution in [0.1, 0.15) is 42.9 Å². The highest BCUT2D eigenvalue weighted by molar-refractivity contribution is 5.74. The third-order valence-electron chi connectivity index (χ3n) is 6.36. The van der Waals surface area contributed by atoms with Crippen molar-refractivity contribution in [3.8, 4) is 17.9 Å². The molecule has 2 N–H and O–H groups in total. The van der Waals surface area contributed by atoms with Crippen LogP contribution < -0.4 is 14.6 Å². The van der Waals surface area contributed by atoms with E-state index in [0.717, 1.165) is 24.0 Å². The number of hydrogen-bond acceptors (Lipinski definition) is 5. The van der Waals surface area contributed by atoms with Crippen molar-refractivity contribution >= 4 is 5.87 Å². The number of benzene rings is 1. The van der Waals surface area contributed by atoms with Gasteiger partial charge in [0, 0.05) is 18.1 Å². The zero-order chi connectivity index (χ0) is 23.6. The number of aliphatic hydroxyl groups is 1. The van der Waals surface area contributed by atoms with Crippen molar-refractivity contribution in [2.24, 2.45) is 5.92 Å². The van der Waals surface area contributed by atoms with Crippen molar-refractivity contribution in [2.45, 2.75) is 44.4 Å². The van der Waals surface area contributed by atoms with E-state index in [4.69, 9.17) is 4.74 Å². The Labute approximate surface area is 193 Å². The average Bonchev–Trinajstić information content (AvgIpc) is 3.67. The number of pyridine rings is 1. The predicted molar refractivity (Wildman–Crippen MR) is 122 cm³/mol. The lowest BCUT2D eigenvalue weighted by molar-refractivity contribution is -0.742. The Morgan fingerprint density at radius 1 is 1.21 bits per heavy atom. The molecule has 0 amide bonds. The van der Waals surface area contributed by atoms with E-state index in [0.29, 0.717) is 12.4 Å². The van der Waals surface area contributed by atoms with Crippen LogP contribution in [0, 0.1) is 35.5 Å². The molecule has 0 bridgehead atoms. The van der Waals surface area contributed by atoms with Gasteiger partial charge in [0.15, 0.2) is 12.4 Å². The van der Waals surface area contributed by atoms with Crippen molar-refractivity contribution in [2.75, 3.05) is 6.61 Å². The van der Waals surface area contributed by atoms with Crippen LogP contribution in [0.5, 0.6) is 5.75 Å². The summed E-state index contributed by atoms with van der Waals surface area (Å²) in [5, 5.41) is 44.5. The number of aromatic nitrogens is 1. The molecular weight excluding hydrogens is 414 g/mol. The number of nitriles is 2. The Morgan fingerprint density at radius 2 is 1.88 bits per heavy atom. The first-order valence-corrected chi connectivity index (χ1v) is 11.0. The van der Waals surface area contributed by atoms with Crippen LogP contribution in [0.4, 0.5) is 0 Å². The summed E-state index contributed by atoms with van der Waals surface area (Å²) in [5.41, 5.74) is 0.567. The fourth-order valence-corrected chi connectivity index (χ4v) is 4.62. The molecule has 0 saturated heterocycles. The molecule has 33 heavy (non-hydrogen) atoms. The molecule has 3 unspecified atom stereocenters. The maximum atomic E-state index is 12.1. The Hall–Kier alpha value is -3.90. The Balaban J connectivity index is 1.98. The van der Waals surface area contributed by atoms with E-state index in [-0.39, 0.29) is 22.8 Å². The summed E-state index contributed by atoms with van der Waals surface area (Å²) in [6.45, 7) is 4.43. The van der Waals surface area contributed by atoms with Gasteiger partial charge in [-0.1, -0.05) is 12.1 Å². The Kier molecular flexibility index (Phi) is 6.03. The molecule has 1 aliphatic carbocycles. The largest absolute Gasteiger partial charge is 0.762 e. The summed E-state index contributed by atoms with van der Waals surface area (Å²) >= 11 is 0. The highest BCUT2D eigenvalue weighted by Crippen LogP contribution is 2.52. The summed E-state index contributed by atoms with van der Waals surface area (Å²) in [4.78, 5) is 0.